The Bertz CT molecular complexity index is 282. The van der Waals surface area contributed by atoms with E-state index in [0.29, 0.717) is 12.5 Å². The van der Waals surface area contributed by atoms with Crippen LogP contribution in [0.25, 0.3) is 0 Å². The van der Waals surface area contributed by atoms with Crippen molar-refractivity contribution in [2.24, 2.45) is 11.7 Å². The Labute approximate surface area is 109 Å². The van der Waals surface area contributed by atoms with Crippen LogP contribution in [0.1, 0.15) is 32.6 Å². The predicted molar refractivity (Wildman–Crippen MR) is 69.2 cm³/mol. The molecular formula is C12H23ClN2O2. The predicted octanol–water partition coefficient (Wildman–Crippen LogP) is 1.17. The second-order valence-electron chi connectivity index (χ2n) is 5.30. The first kappa shape index (κ1) is 14.7. The Kier molecular flexibility index (Phi) is 4.81. The number of carbonyl (C=O) groups excluding carboxylic acids is 1. The first-order chi connectivity index (χ1) is 7.57. The van der Waals surface area contributed by atoms with Gasteiger partial charge in [0.05, 0.1) is 11.6 Å². The van der Waals surface area contributed by atoms with Crippen molar-refractivity contribution in [3.63, 3.8) is 0 Å². The molecule has 1 amide bonds. The fourth-order valence-electron chi connectivity index (χ4n) is 2.61. The third-order valence-electron chi connectivity index (χ3n) is 4.15. The molecule has 0 bridgehead atoms. The van der Waals surface area contributed by atoms with E-state index in [0.717, 1.165) is 32.2 Å². The highest BCUT2D eigenvalue weighted by molar-refractivity contribution is 5.87. The van der Waals surface area contributed by atoms with Gasteiger partial charge in [0.15, 0.2) is 0 Å². The Hall–Kier alpha value is -0.320. The first-order valence-electron chi connectivity index (χ1n) is 6.18. The molecule has 17 heavy (non-hydrogen) atoms. The molecule has 5 heteroatoms. The number of amides is 1. The van der Waals surface area contributed by atoms with Crippen LogP contribution in [0.15, 0.2) is 0 Å². The lowest BCUT2D eigenvalue weighted by Crippen LogP contribution is -2.62. The zero-order chi connectivity index (χ0) is 11.8. The second-order valence-corrected chi connectivity index (χ2v) is 5.30. The van der Waals surface area contributed by atoms with Crippen molar-refractivity contribution < 1.29 is 9.53 Å². The van der Waals surface area contributed by atoms with Crippen molar-refractivity contribution in [2.45, 2.75) is 44.2 Å². The number of methoxy groups -OCH3 is 1. The van der Waals surface area contributed by atoms with E-state index < -0.39 is 5.54 Å². The van der Waals surface area contributed by atoms with Crippen molar-refractivity contribution in [2.75, 3.05) is 20.2 Å². The number of rotatable bonds is 2. The molecule has 4 nitrogen and oxygen atoms in total. The van der Waals surface area contributed by atoms with Gasteiger partial charge in [-0.15, -0.1) is 12.4 Å². The van der Waals surface area contributed by atoms with Gasteiger partial charge < -0.3 is 15.4 Å². The van der Waals surface area contributed by atoms with Gasteiger partial charge in [0.25, 0.3) is 0 Å². The van der Waals surface area contributed by atoms with Crippen LogP contribution in [0.4, 0.5) is 0 Å². The number of hydrogen-bond acceptors (Lipinski definition) is 3. The average Bonchev–Trinajstić information content (AvgIpc) is 2.25. The molecule has 0 radical (unpaired) electrons. The number of piperidine rings is 1. The molecule has 0 aromatic carbocycles. The van der Waals surface area contributed by atoms with Crippen molar-refractivity contribution in [3.8, 4) is 0 Å². The van der Waals surface area contributed by atoms with Crippen LogP contribution in [-0.4, -0.2) is 42.6 Å². The fourth-order valence-corrected chi connectivity index (χ4v) is 2.61. The summed E-state index contributed by atoms with van der Waals surface area (Å²) < 4.78 is 5.41. The maximum absolute atomic E-state index is 12.2. The molecule has 2 fully saturated rings. The molecule has 2 unspecified atom stereocenters. The van der Waals surface area contributed by atoms with Crippen LogP contribution in [0.5, 0.6) is 0 Å². The number of carbonyl (C=O) groups is 1. The van der Waals surface area contributed by atoms with Gasteiger partial charge in [0.1, 0.15) is 0 Å². The van der Waals surface area contributed by atoms with Gasteiger partial charge in [-0.25, -0.2) is 0 Å². The third kappa shape index (κ3) is 2.75. The van der Waals surface area contributed by atoms with E-state index in [1.54, 1.807) is 7.11 Å². The fraction of sp³-hybridized carbons (Fsp3) is 0.917. The molecule has 1 saturated heterocycles. The standard InChI is InChI=1S/C12H22N2O2.ClH/c1-9-4-7-14(8-10(9)16-2)11(15)12(13)5-3-6-12;/h9-10H,3-8,13H2,1-2H3;1H. The molecule has 2 rings (SSSR count). The number of hydrogen-bond donors (Lipinski definition) is 1. The molecule has 1 aliphatic heterocycles. The van der Waals surface area contributed by atoms with Crippen LogP contribution < -0.4 is 5.73 Å². The lowest BCUT2D eigenvalue weighted by Gasteiger charge is -2.44. The van der Waals surface area contributed by atoms with Crippen molar-refractivity contribution >= 4 is 18.3 Å². The van der Waals surface area contributed by atoms with E-state index in [4.69, 9.17) is 10.5 Å². The van der Waals surface area contributed by atoms with Gasteiger partial charge in [-0.1, -0.05) is 6.92 Å². The summed E-state index contributed by atoms with van der Waals surface area (Å²) >= 11 is 0. The van der Waals surface area contributed by atoms with Crippen LogP contribution in [0.3, 0.4) is 0 Å². The lowest BCUT2D eigenvalue weighted by molar-refractivity contribution is -0.145. The van der Waals surface area contributed by atoms with E-state index in [1.165, 1.54) is 0 Å². The maximum atomic E-state index is 12.2. The summed E-state index contributed by atoms with van der Waals surface area (Å²) in [5.74, 6) is 0.664. The van der Waals surface area contributed by atoms with E-state index in [2.05, 4.69) is 6.92 Å². The van der Waals surface area contributed by atoms with Crippen molar-refractivity contribution in [3.05, 3.63) is 0 Å². The van der Waals surface area contributed by atoms with E-state index in [-0.39, 0.29) is 24.4 Å². The molecule has 2 N–H and O–H groups in total. The van der Waals surface area contributed by atoms with Gasteiger partial charge >= 0.3 is 0 Å². The zero-order valence-electron chi connectivity index (χ0n) is 10.6. The summed E-state index contributed by atoms with van der Waals surface area (Å²) in [7, 11) is 1.72. The van der Waals surface area contributed by atoms with E-state index >= 15 is 0 Å². The molecule has 1 aliphatic carbocycles. The maximum Gasteiger partial charge on any atom is 0.242 e. The molecule has 1 saturated carbocycles. The molecule has 0 aromatic rings. The van der Waals surface area contributed by atoms with E-state index in [1.807, 2.05) is 4.90 Å². The highest BCUT2D eigenvalue weighted by Gasteiger charge is 2.44. The Morgan fingerprint density at radius 2 is 2.12 bits per heavy atom. The number of likely N-dealkylation sites (tertiary alicyclic amines) is 1. The quantitative estimate of drug-likeness (QED) is 0.813. The average molecular weight is 263 g/mol. The summed E-state index contributed by atoms with van der Waals surface area (Å²) in [6.45, 7) is 3.71. The minimum atomic E-state index is -0.557. The molecule has 1 heterocycles. The molecule has 0 spiro atoms. The minimum absolute atomic E-state index is 0. The first-order valence-corrected chi connectivity index (χ1v) is 6.18. The monoisotopic (exact) mass is 262 g/mol. The summed E-state index contributed by atoms with van der Waals surface area (Å²) in [6, 6.07) is 0. The van der Waals surface area contributed by atoms with E-state index in [9.17, 15) is 4.79 Å². The summed E-state index contributed by atoms with van der Waals surface area (Å²) in [5, 5.41) is 0. The summed E-state index contributed by atoms with van der Waals surface area (Å²) in [5.41, 5.74) is 5.51. The highest BCUT2D eigenvalue weighted by Crippen LogP contribution is 2.32. The molecular weight excluding hydrogens is 240 g/mol. The third-order valence-corrected chi connectivity index (χ3v) is 4.15. The SMILES string of the molecule is COC1CN(C(=O)C2(N)CCC2)CCC1C.Cl. The Morgan fingerprint density at radius 3 is 2.59 bits per heavy atom. The smallest absolute Gasteiger partial charge is 0.242 e. The number of halogens is 1. The van der Waals surface area contributed by atoms with Crippen LogP contribution in [-0.2, 0) is 9.53 Å². The molecule has 2 atom stereocenters. The zero-order valence-corrected chi connectivity index (χ0v) is 11.5. The molecule has 0 aromatic heterocycles. The van der Waals surface area contributed by atoms with Crippen LogP contribution in [0, 0.1) is 5.92 Å². The number of ether oxygens (including phenoxy) is 1. The lowest BCUT2D eigenvalue weighted by atomic mass is 9.76. The number of nitrogens with two attached hydrogens (primary N) is 1. The second kappa shape index (κ2) is 5.55. The van der Waals surface area contributed by atoms with Gasteiger partial charge in [0, 0.05) is 20.2 Å². The van der Waals surface area contributed by atoms with Gasteiger partial charge in [0.2, 0.25) is 5.91 Å². The van der Waals surface area contributed by atoms with Gasteiger partial charge in [-0.3, -0.25) is 4.79 Å². The van der Waals surface area contributed by atoms with Gasteiger partial charge in [-0.05, 0) is 31.6 Å². The topological polar surface area (TPSA) is 55.6 Å². The van der Waals surface area contributed by atoms with Crippen molar-refractivity contribution in [1.82, 2.24) is 4.90 Å². The Morgan fingerprint density at radius 1 is 1.47 bits per heavy atom. The Balaban J connectivity index is 0.00000144. The van der Waals surface area contributed by atoms with Gasteiger partial charge in [-0.2, -0.15) is 0 Å². The minimum Gasteiger partial charge on any atom is -0.379 e. The number of nitrogens with zero attached hydrogens (tertiary/aromatic N) is 1. The van der Waals surface area contributed by atoms with Crippen LogP contribution >= 0.6 is 12.4 Å². The highest BCUT2D eigenvalue weighted by atomic mass is 35.5. The van der Waals surface area contributed by atoms with Crippen molar-refractivity contribution in [1.29, 1.82) is 0 Å². The molecule has 2 aliphatic rings. The largest absolute Gasteiger partial charge is 0.379 e. The molecule has 100 valence electrons. The summed E-state index contributed by atoms with van der Waals surface area (Å²) in [4.78, 5) is 14.1. The van der Waals surface area contributed by atoms with Crippen LogP contribution in [0.2, 0.25) is 0 Å². The summed E-state index contributed by atoms with van der Waals surface area (Å²) in [6.07, 6.45) is 3.95. The normalized spacial score (nSPS) is 31.4.